The van der Waals surface area contributed by atoms with Gasteiger partial charge in [-0.15, -0.1) is 0 Å². The molecule has 4 aliphatic heterocycles. The second-order valence-corrected chi connectivity index (χ2v) is 17.7. The number of amides is 4. The molecule has 0 N–H and O–H groups in total. The molecule has 4 amide bonds. The van der Waals surface area contributed by atoms with Crippen molar-refractivity contribution >= 4 is 78.1 Å². The molecule has 0 saturated carbocycles. The number of hydrogen-bond acceptors (Lipinski definition) is 6. The van der Waals surface area contributed by atoms with Crippen LogP contribution in [-0.4, -0.2) is 72.7 Å². The van der Waals surface area contributed by atoms with E-state index in [1.165, 1.54) is 12.1 Å². The first-order chi connectivity index (χ1) is 32.6. The van der Waals surface area contributed by atoms with Crippen LogP contribution in [0.15, 0.2) is 36.4 Å². The summed E-state index contributed by atoms with van der Waals surface area (Å²) in [7, 11) is 0. The lowest BCUT2D eigenvalue weighted by atomic mass is 9.80. The minimum Gasteiger partial charge on any atom is -0.371 e. The number of nitrogens with zero attached hydrogens (tertiary/aromatic N) is 4. The third-order valence-corrected chi connectivity index (χ3v) is 14.1. The van der Waals surface area contributed by atoms with Crippen LogP contribution >= 0.6 is 0 Å². The minimum atomic E-state index is -2.34. The summed E-state index contributed by atoms with van der Waals surface area (Å²) in [6.45, 7) is 0.733. The van der Waals surface area contributed by atoms with E-state index in [9.17, 15) is 63.1 Å². The fourth-order valence-electron chi connectivity index (χ4n) is 10.9. The normalized spacial score (nSPS) is 16.6. The topological polar surface area (TPSA) is 81.2 Å². The molecular weight excluding hydrogens is 911 g/mol. The van der Waals surface area contributed by atoms with Crippen molar-refractivity contribution in [2.24, 2.45) is 0 Å². The first-order valence-electron chi connectivity index (χ1n) is 22.1. The highest BCUT2D eigenvalue weighted by atomic mass is 19.2. The highest BCUT2D eigenvalue weighted by molar-refractivity contribution is 6.44. The van der Waals surface area contributed by atoms with Gasteiger partial charge < -0.3 is 9.80 Å². The van der Waals surface area contributed by atoms with E-state index in [2.05, 4.69) is 9.80 Å². The van der Waals surface area contributed by atoms with Crippen molar-refractivity contribution in [3.63, 3.8) is 0 Å². The maximum atomic E-state index is 14.8. The molecule has 2 saturated heterocycles. The van der Waals surface area contributed by atoms with E-state index in [0.29, 0.717) is 69.9 Å². The molecule has 0 radical (unpaired) electrons. The Morgan fingerprint density at radius 3 is 1.00 bits per heavy atom. The number of imide groups is 2. The monoisotopic (exact) mass is 944 g/mol. The second-order valence-electron chi connectivity index (χ2n) is 17.7. The van der Waals surface area contributed by atoms with Crippen molar-refractivity contribution < 1.29 is 63.1 Å². The third-order valence-electron chi connectivity index (χ3n) is 14.1. The van der Waals surface area contributed by atoms with Gasteiger partial charge >= 0.3 is 0 Å². The standard InChI is InChI=1S/C50H34F10N4O4/c51-37-25(38(52)42(56)45(59)41(37)55)11-17-63-47(65)23-10-8-22-34-30(62-15-5-2-6-16-62)20-28-32-24(48(66)64(50(28)68)18-12-26-39(53)43(57)46(60)44(58)40(26)54)9-7-21(36(32)34)33-29(61-13-3-1-4-14-61)19-27(49(63)67)31(23)35(22)33/h7-10,19-20H,1-6,11-18H2. The lowest BCUT2D eigenvalue weighted by molar-refractivity contribution is 0.0596. The molecule has 68 heavy (non-hydrogen) atoms. The summed E-state index contributed by atoms with van der Waals surface area (Å²) < 4.78 is 144. The van der Waals surface area contributed by atoms with Crippen LogP contribution in [0.4, 0.5) is 55.3 Å². The van der Waals surface area contributed by atoms with Gasteiger partial charge in [0.25, 0.3) is 23.6 Å². The van der Waals surface area contributed by atoms with Gasteiger partial charge in [-0.25, -0.2) is 43.9 Å². The Morgan fingerprint density at radius 1 is 0.353 bits per heavy atom. The molecule has 7 aromatic rings. The number of halogens is 10. The van der Waals surface area contributed by atoms with Crippen molar-refractivity contribution in [3.05, 3.63) is 128 Å². The molecule has 4 aliphatic rings. The summed E-state index contributed by atoms with van der Waals surface area (Å²) in [5.74, 6) is -25.1. The number of benzene rings is 7. The summed E-state index contributed by atoms with van der Waals surface area (Å²) in [4.78, 5) is 63.9. The predicted molar refractivity (Wildman–Crippen MR) is 230 cm³/mol. The summed E-state index contributed by atoms with van der Waals surface area (Å²) in [6.07, 6.45) is 3.16. The molecule has 18 heteroatoms. The minimum absolute atomic E-state index is 0.0329. The number of carbonyl (C=O) groups excluding carboxylic acids is 4. The number of rotatable bonds is 8. The number of carbonyl (C=O) groups is 4. The SMILES string of the molecule is O=C1c2ccc3c4c(N5CCCCC5)cc5c6c(ccc(c7c(N8CCCCC8)cc(c2c37)C(=O)N1CCc1c(F)c(F)c(F)c(F)c1F)c64)C(=O)N(CCc1c(F)c(F)c(F)c(F)c1F)C5=O. The van der Waals surface area contributed by atoms with Gasteiger partial charge in [-0.05, 0) is 86.4 Å². The molecule has 0 atom stereocenters. The van der Waals surface area contributed by atoms with Crippen LogP contribution in [0.5, 0.6) is 0 Å². The molecule has 2 fully saturated rings. The largest absolute Gasteiger partial charge is 0.371 e. The van der Waals surface area contributed by atoms with Crippen LogP contribution in [0.1, 0.15) is 91.1 Å². The quantitative estimate of drug-likeness (QED) is 0.0377. The molecule has 0 aromatic heterocycles. The first kappa shape index (κ1) is 43.6. The maximum absolute atomic E-state index is 14.8. The lowest BCUT2D eigenvalue weighted by Gasteiger charge is -2.36. The number of piperidine rings is 2. The zero-order chi connectivity index (χ0) is 47.8. The number of hydrogen-bond donors (Lipinski definition) is 0. The van der Waals surface area contributed by atoms with Gasteiger partial charge in [0, 0.05) is 105 Å². The zero-order valence-corrected chi connectivity index (χ0v) is 35.6. The summed E-state index contributed by atoms with van der Waals surface area (Å²) in [5.41, 5.74) is -1.06. The van der Waals surface area contributed by atoms with Gasteiger partial charge in [0.05, 0.1) is 11.1 Å². The molecule has 8 nitrogen and oxygen atoms in total. The Hall–Kier alpha value is -6.98. The Morgan fingerprint density at radius 2 is 0.662 bits per heavy atom. The molecule has 11 rings (SSSR count). The van der Waals surface area contributed by atoms with Crippen molar-refractivity contribution in [3.8, 4) is 0 Å². The van der Waals surface area contributed by atoms with E-state index in [1.54, 1.807) is 24.3 Å². The Balaban J connectivity index is 1.13. The highest BCUT2D eigenvalue weighted by Crippen LogP contribution is 2.52. The van der Waals surface area contributed by atoms with Crippen molar-refractivity contribution in [2.75, 3.05) is 49.1 Å². The molecular formula is C50H34F10N4O4. The van der Waals surface area contributed by atoms with Gasteiger partial charge in [-0.3, -0.25) is 29.0 Å². The molecule has 0 aliphatic carbocycles. The van der Waals surface area contributed by atoms with E-state index in [4.69, 9.17) is 0 Å². The van der Waals surface area contributed by atoms with E-state index in [1.807, 2.05) is 0 Å². The predicted octanol–water partition coefficient (Wildman–Crippen LogP) is 10.8. The van der Waals surface area contributed by atoms with Crippen molar-refractivity contribution in [1.29, 1.82) is 0 Å². The van der Waals surface area contributed by atoms with E-state index in [-0.39, 0.29) is 33.0 Å². The lowest BCUT2D eigenvalue weighted by Crippen LogP contribution is -2.42. The van der Waals surface area contributed by atoms with E-state index < -0.39 is 119 Å². The fourth-order valence-corrected chi connectivity index (χ4v) is 10.9. The van der Waals surface area contributed by atoms with Crippen LogP contribution in [0.3, 0.4) is 0 Å². The summed E-state index contributed by atoms with van der Waals surface area (Å²) in [6, 6.07) is 9.60. The summed E-state index contributed by atoms with van der Waals surface area (Å²) in [5, 5.41) is 3.83. The summed E-state index contributed by atoms with van der Waals surface area (Å²) >= 11 is 0. The smallest absolute Gasteiger partial charge is 0.261 e. The molecule has 4 heterocycles. The maximum Gasteiger partial charge on any atom is 0.261 e. The van der Waals surface area contributed by atoms with Crippen molar-refractivity contribution in [1.82, 2.24) is 9.80 Å². The van der Waals surface area contributed by atoms with Crippen LogP contribution in [0, 0.1) is 58.2 Å². The average Bonchev–Trinajstić information content (AvgIpc) is 3.36. The van der Waals surface area contributed by atoms with Gasteiger partial charge in [0.1, 0.15) is 0 Å². The van der Waals surface area contributed by atoms with Crippen LogP contribution in [0.25, 0.3) is 43.1 Å². The Kier molecular flexibility index (Phi) is 10.1. The molecule has 7 aromatic carbocycles. The fraction of sp³-hybridized carbons (Fsp3) is 0.280. The van der Waals surface area contributed by atoms with Crippen LogP contribution < -0.4 is 9.80 Å². The van der Waals surface area contributed by atoms with Gasteiger partial charge in [0.2, 0.25) is 11.6 Å². The number of anilines is 2. The van der Waals surface area contributed by atoms with E-state index in [0.717, 1.165) is 48.3 Å². The molecule has 0 unspecified atom stereocenters. The van der Waals surface area contributed by atoms with Crippen molar-refractivity contribution in [2.45, 2.75) is 51.4 Å². The van der Waals surface area contributed by atoms with Gasteiger partial charge in [0.15, 0.2) is 46.5 Å². The van der Waals surface area contributed by atoms with Gasteiger partial charge in [-0.2, -0.15) is 0 Å². The van der Waals surface area contributed by atoms with Gasteiger partial charge in [-0.1, -0.05) is 12.1 Å². The number of fused-ring (bicyclic) bond motifs is 2. The highest BCUT2D eigenvalue weighted by Gasteiger charge is 2.40. The zero-order valence-electron chi connectivity index (χ0n) is 35.6. The molecule has 0 bridgehead atoms. The third kappa shape index (κ3) is 6.06. The van der Waals surface area contributed by atoms with Crippen LogP contribution in [0.2, 0.25) is 0 Å². The first-order valence-corrected chi connectivity index (χ1v) is 22.1. The van der Waals surface area contributed by atoms with E-state index >= 15 is 0 Å². The second kappa shape index (κ2) is 15.8. The Bertz CT molecular complexity index is 3160. The molecule has 0 spiro atoms. The molecule has 348 valence electrons. The van der Waals surface area contributed by atoms with Crippen LogP contribution in [-0.2, 0) is 12.8 Å². The average molecular weight is 945 g/mol. The Labute approximate surface area is 378 Å².